The topological polar surface area (TPSA) is 74.3 Å². The highest BCUT2D eigenvalue weighted by Gasteiger charge is 2.04. The smallest absolute Gasteiger partial charge is 0.304 e. The van der Waals surface area contributed by atoms with E-state index in [0.29, 0.717) is 26.3 Å². The van der Waals surface area contributed by atoms with Gasteiger partial charge in [-0.1, -0.05) is 24.7 Å². The van der Waals surface area contributed by atoms with Crippen LogP contribution >= 0.6 is 11.3 Å². The molecule has 1 atom stereocenters. The number of nitrogens with one attached hydrogen (secondary N) is 2. The Morgan fingerprint density at radius 2 is 2.47 bits per heavy atom. The molecule has 1 heterocycles. The van der Waals surface area contributed by atoms with Gasteiger partial charge in [0, 0.05) is 30.8 Å². The molecule has 98 valence electrons. The number of hydrogen-bond acceptors (Lipinski definition) is 5. The molecule has 0 saturated carbocycles. The molecule has 17 heavy (non-hydrogen) atoms. The van der Waals surface area contributed by atoms with Crippen LogP contribution in [0.2, 0.25) is 0 Å². The van der Waals surface area contributed by atoms with Gasteiger partial charge in [-0.25, -0.2) is 0 Å². The first-order chi connectivity index (χ1) is 8.22. The van der Waals surface area contributed by atoms with Gasteiger partial charge in [0.05, 0.1) is 12.7 Å². The maximum atomic E-state index is 10.9. The monoisotopic (exact) mass is 260 g/mol. The van der Waals surface area contributed by atoms with Gasteiger partial charge < -0.3 is 20.1 Å². The summed E-state index contributed by atoms with van der Waals surface area (Å²) in [6.45, 7) is 4.18. The number of H-pyrrole nitrogens is 1. The normalized spacial score (nSPS) is 12.8. The number of unbranched alkanes of at least 4 members (excludes halogenated alkanes) is 1. The predicted octanol–water partition coefficient (Wildman–Crippen LogP) is 0.704. The molecule has 1 aromatic heterocycles. The van der Waals surface area contributed by atoms with Crippen molar-refractivity contribution >= 4 is 11.3 Å². The van der Waals surface area contributed by atoms with Gasteiger partial charge in [0.1, 0.15) is 0 Å². The average Bonchev–Trinajstić information content (AvgIpc) is 2.71. The van der Waals surface area contributed by atoms with E-state index in [1.165, 1.54) is 0 Å². The first-order valence-electron chi connectivity index (χ1n) is 5.85. The molecule has 0 radical (unpaired) electrons. The number of hydrogen-bond donors (Lipinski definition) is 3. The minimum absolute atomic E-state index is 0.0507. The molecular weight excluding hydrogens is 240 g/mol. The molecule has 0 aromatic carbocycles. The number of aromatic amines is 1. The van der Waals surface area contributed by atoms with E-state index >= 15 is 0 Å². The van der Waals surface area contributed by atoms with Gasteiger partial charge in [-0.05, 0) is 6.42 Å². The van der Waals surface area contributed by atoms with Crippen LogP contribution in [-0.2, 0) is 11.3 Å². The Morgan fingerprint density at radius 1 is 1.65 bits per heavy atom. The lowest BCUT2D eigenvalue weighted by molar-refractivity contribution is 0.0357. The van der Waals surface area contributed by atoms with Crippen molar-refractivity contribution in [3.05, 3.63) is 20.7 Å². The Kier molecular flexibility index (Phi) is 7.11. The van der Waals surface area contributed by atoms with E-state index in [0.717, 1.165) is 29.9 Å². The van der Waals surface area contributed by atoms with E-state index in [9.17, 15) is 9.90 Å². The van der Waals surface area contributed by atoms with E-state index in [4.69, 9.17) is 4.74 Å². The molecule has 1 aromatic rings. The molecule has 1 unspecified atom stereocenters. The summed E-state index contributed by atoms with van der Waals surface area (Å²) >= 11 is 1.14. The quantitative estimate of drug-likeness (QED) is 0.572. The largest absolute Gasteiger partial charge is 0.389 e. The van der Waals surface area contributed by atoms with E-state index in [1.54, 1.807) is 5.38 Å². The predicted molar refractivity (Wildman–Crippen MR) is 68.4 cm³/mol. The highest BCUT2D eigenvalue weighted by Crippen LogP contribution is 1.95. The van der Waals surface area contributed by atoms with Crippen LogP contribution in [-0.4, -0.2) is 36.0 Å². The van der Waals surface area contributed by atoms with Crippen LogP contribution in [0.5, 0.6) is 0 Å². The van der Waals surface area contributed by atoms with Crippen LogP contribution in [0, 0.1) is 0 Å². The molecule has 5 nitrogen and oxygen atoms in total. The lowest BCUT2D eigenvalue weighted by Crippen LogP contribution is -2.30. The van der Waals surface area contributed by atoms with Crippen molar-refractivity contribution in [2.24, 2.45) is 0 Å². The second-order valence-electron chi connectivity index (χ2n) is 3.89. The van der Waals surface area contributed by atoms with Crippen LogP contribution in [0.15, 0.2) is 10.2 Å². The van der Waals surface area contributed by atoms with Crippen molar-refractivity contribution in [2.75, 3.05) is 19.8 Å². The van der Waals surface area contributed by atoms with Gasteiger partial charge in [0.2, 0.25) is 0 Å². The molecule has 0 saturated heterocycles. The second kappa shape index (κ2) is 8.41. The van der Waals surface area contributed by atoms with Crippen molar-refractivity contribution in [1.29, 1.82) is 0 Å². The number of aliphatic hydroxyl groups excluding tert-OH is 1. The van der Waals surface area contributed by atoms with Crippen molar-refractivity contribution in [2.45, 2.75) is 32.4 Å². The lowest BCUT2D eigenvalue weighted by atomic mass is 10.3. The summed E-state index contributed by atoms with van der Waals surface area (Å²) in [5.41, 5.74) is 0.846. The number of ether oxygens (including phenoxy) is 1. The molecule has 3 N–H and O–H groups in total. The van der Waals surface area contributed by atoms with Crippen LogP contribution < -0.4 is 10.2 Å². The molecule has 0 amide bonds. The highest BCUT2D eigenvalue weighted by molar-refractivity contribution is 7.07. The summed E-state index contributed by atoms with van der Waals surface area (Å²) in [4.78, 5) is 13.5. The first kappa shape index (κ1) is 14.4. The number of thiazole rings is 1. The lowest BCUT2D eigenvalue weighted by Gasteiger charge is -2.11. The molecule has 1 rings (SSSR count). The fourth-order valence-electron chi connectivity index (χ4n) is 1.30. The van der Waals surface area contributed by atoms with Crippen LogP contribution in [0.25, 0.3) is 0 Å². The van der Waals surface area contributed by atoms with E-state index in [2.05, 4.69) is 17.2 Å². The van der Waals surface area contributed by atoms with Crippen molar-refractivity contribution in [1.82, 2.24) is 10.3 Å². The van der Waals surface area contributed by atoms with Crippen LogP contribution in [0.3, 0.4) is 0 Å². The highest BCUT2D eigenvalue weighted by atomic mass is 32.1. The molecule has 0 bridgehead atoms. The maximum absolute atomic E-state index is 10.9. The number of aromatic nitrogens is 1. The summed E-state index contributed by atoms with van der Waals surface area (Å²) < 4.78 is 5.30. The summed E-state index contributed by atoms with van der Waals surface area (Å²) in [5.74, 6) is 0. The van der Waals surface area contributed by atoms with Gasteiger partial charge in [-0.15, -0.1) is 0 Å². The van der Waals surface area contributed by atoms with E-state index < -0.39 is 6.10 Å². The molecular formula is C11H20N2O3S. The standard InChI is InChI=1S/C11H20N2O3S/c1-2-3-4-16-7-10(14)6-12-5-9-8-17-11(15)13-9/h8,10,12,14H,2-7H2,1H3,(H,13,15). The van der Waals surface area contributed by atoms with Crippen LogP contribution in [0.1, 0.15) is 25.5 Å². The zero-order valence-corrected chi connectivity index (χ0v) is 10.9. The minimum atomic E-state index is -0.503. The summed E-state index contributed by atoms with van der Waals surface area (Å²) in [6.07, 6.45) is 1.62. The van der Waals surface area contributed by atoms with Gasteiger partial charge in [0.25, 0.3) is 0 Å². The third-order valence-electron chi connectivity index (χ3n) is 2.22. The van der Waals surface area contributed by atoms with Gasteiger partial charge >= 0.3 is 4.87 Å². The third-order valence-corrected chi connectivity index (χ3v) is 2.94. The first-order valence-corrected chi connectivity index (χ1v) is 6.73. The molecule has 0 aliphatic carbocycles. The van der Waals surface area contributed by atoms with Gasteiger partial charge in [-0.2, -0.15) is 0 Å². The zero-order valence-electron chi connectivity index (χ0n) is 10.1. The summed E-state index contributed by atoms with van der Waals surface area (Å²) in [6, 6.07) is 0. The van der Waals surface area contributed by atoms with Crippen LogP contribution in [0.4, 0.5) is 0 Å². The third kappa shape index (κ3) is 6.58. The molecule has 0 aliphatic rings. The number of rotatable bonds is 9. The average molecular weight is 260 g/mol. The van der Waals surface area contributed by atoms with E-state index in [-0.39, 0.29) is 4.87 Å². The van der Waals surface area contributed by atoms with Crippen molar-refractivity contribution in [3.8, 4) is 0 Å². The zero-order chi connectivity index (χ0) is 12.5. The van der Waals surface area contributed by atoms with Gasteiger partial charge in [0.15, 0.2) is 0 Å². The summed E-state index contributed by atoms with van der Waals surface area (Å²) in [7, 11) is 0. The van der Waals surface area contributed by atoms with Gasteiger partial charge in [-0.3, -0.25) is 4.79 Å². The second-order valence-corrected chi connectivity index (χ2v) is 4.73. The molecule has 0 fully saturated rings. The van der Waals surface area contributed by atoms with E-state index in [1.807, 2.05) is 0 Å². The Bertz CT molecular complexity index is 350. The fourth-order valence-corrected chi connectivity index (χ4v) is 1.88. The molecule has 6 heteroatoms. The van der Waals surface area contributed by atoms with Crippen molar-refractivity contribution < 1.29 is 9.84 Å². The maximum Gasteiger partial charge on any atom is 0.304 e. The number of aliphatic hydroxyl groups is 1. The Labute approximate surface area is 105 Å². The Hall–Kier alpha value is -0.690. The minimum Gasteiger partial charge on any atom is -0.389 e. The SMILES string of the molecule is CCCCOCC(O)CNCc1csc(=O)[nH]1. The molecule has 0 aliphatic heterocycles. The van der Waals surface area contributed by atoms with Crippen molar-refractivity contribution in [3.63, 3.8) is 0 Å². The Balaban J connectivity index is 2.03. The fraction of sp³-hybridized carbons (Fsp3) is 0.727. The summed E-state index contributed by atoms with van der Waals surface area (Å²) in [5, 5.41) is 14.4. The Morgan fingerprint density at radius 3 is 3.12 bits per heavy atom. The molecule has 0 spiro atoms.